The Labute approximate surface area is 85.9 Å². The van der Waals surface area contributed by atoms with Crippen LogP contribution in [0.4, 0.5) is 0 Å². The molecule has 4 nitrogen and oxygen atoms in total. The van der Waals surface area contributed by atoms with Gasteiger partial charge >= 0.3 is 0 Å². The summed E-state index contributed by atoms with van der Waals surface area (Å²) < 4.78 is 14.7. The van der Waals surface area contributed by atoms with Crippen LogP contribution in [0.3, 0.4) is 0 Å². The van der Waals surface area contributed by atoms with Crippen LogP contribution in [0.5, 0.6) is 5.19 Å². The number of nitrogens with zero attached hydrogens (tertiary/aromatic N) is 2. The van der Waals surface area contributed by atoms with Gasteiger partial charge in [-0.15, -0.1) is 12.6 Å². The molecule has 0 bridgehead atoms. The van der Waals surface area contributed by atoms with Gasteiger partial charge in [0.05, 0.1) is 6.10 Å². The molecule has 72 valence electrons. The van der Waals surface area contributed by atoms with E-state index in [1.54, 1.807) is 0 Å². The Morgan fingerprint density at radius 3 is 3.23 bits per heavy atom. The third kappa shape index (κ3) is 2.55. The van der Waals surface area contributed by atoms with Crippen LogP contribution in [0.2, 0.25) is 0 Å². The van der Waals surface area contributed by atoms with Gasteiger partial charge in [0.25, 0.3) is 5.19 Å². The lowest BCUT2D eigenvalue weighted by molar-refractivity contribution is 0.0677. The average Bonchev–Trinajstić information content (AvgIpc) is 2.71. The fourth-order valence-electron chi connectivity index (χ4n) is 1.20. The second-order valence-electron chi connectivity index (χ2n) is 2.81. The fraction of sp³-hybridized carbons (Fsp3) is 0.714. The third-order valence-corrected chi connectivity index (χ3v) is 2.78. The van der Waals surface area contributed by atoms with Gasteiger partial charge in [-0.25, -0.2) is 0 Å². The van der Waals surface area contributed by atoms with Gasteiger partial charge < -0.3 is 9.47 Å². The molecule has 0 N–H and O–H groups in total. The van der Waals surface area contributed by atoms with Gasteiger partial charge in [-0.1, -0.05) is 0 Å². The van der Waals surface area contributed by atoms with Crippen molar-refractivity contribution in [2.24, 2.45) is 0 Å². The highest BCUT2D eigenvalue weighted by atomic mass is 32.1. The third-order valence-electron chi connectivity index (χ3n) is 1.81. The second kappa shape index (κ2) is 4.26. The first kappa shape index (κ1) is 9.23. The molecular formula is C7H10N2O2S2. The summed E-state index contributed by atoms with van der Waals surface area (Å²) in [5.74, 6) is 0. The lowest BCUT2D eigenvalue weighted by Gasteiger charge is -2.07. The van der Waals surface area contributed by atoms with Crippen molar-refractivity contribution in [1.82, 2.24) is 9.36 Å². The summed E-state index contributed by atoms with van der Waals surface area (Å²) in [6, 6.07) is 0. The minimum Gasteiger partial charge on any atom is -0.466 e. The molecule has 0 aliphatic carbocycles. The normalized spacial score (nSPS) is 22.1. The van der Waals surface area contributed by atoms with Gasteiger partial charge in [-0.2, -0.15) is 9.36 Å². The van der Waals surface area contributed by atoms with Crippen molar-refractivity contribution in [3.8, 4) is 5.19 Å². The van der Waals surface area contributed by atoms with Crippen LogP contribution >= 0.6 is 24.2 Å². The van der Waals surface area contributed by atoms with Crippen LogP contribution < -0.4 is 4.74 Å². The van der Waals surface area contributed by atoms with E-state index in [0.29, 0.717) is 17.0 Å². The molecule has 1 aliphatic heterocycles. The first-order valence-electron chi connectivity index (χ1n) is 4.11. The number of hydrogen-bond acceptors (Lipinski definition) is 6. The standard InChI is InChI=1S/C7H10N2O2S2/c12-6-8-7(13-9-6)11-4-5-2-1-3-10-5/h5H,1-4H2,(H,9,12). The van der Waals surface area contributed by atoms with E-state index in [0.717, 1.165) is 19.4 Å². The van der Waals surface area contributed by atoms with Crippen molar-refractivity contribution in [3.05, 3.63) is 0 Å². The molecule has 1 fully saturated rings. The van der Waals surface area contributed by atoms with E-state index in [1.807, 2.05) is 0 Å². The summed E-state index contributed by atoms with van der Waals surface area (Å²) >= 11 is 5.20. The van der Waals surface area contributed by atoms with Crippen molar-refractivity contribution < 1.29 is 9.47 Å². The van der Waals surface area contributed by atoms with Crippen LogP contribution in [0.25, 0.3) is 0 Å². The zero-order valence-electron chi connectivity index (χ0n) is 6.97. The number of thiol groups is 1. The quantitative estimate of drug-likeness (QED) is 0.779. The Morgan fingerprint density at radius 2 is 2.62 bits per heavy atom. The van der Waals surface area contributed by atoms with E-state index in [4.69, 9.17) is 9.47 Å². The molecule has 0 amide bonds. The number of aromatic nitrogens is 2. The van der Waals surface area contributed by atoms with Crippen molar-refractivity contribution in [3.63, 3.8) is 0 Å². The number of rotatable bonds is 3. The van der Waals surface area contributed by atoms with Gasteiger partial charge in [0.1, 0.15) is 6.61 Å². The van der Waals surface area contributed by atoms with Crippen LogP contribution in [0, 0.1) is 0 Å². The molecule has 0 spiro atoms. The first-order valence-corrected chi connectivity index (χ1v) is 5.34. The van der Waals surface area contributed by atoms with E-state index >= 15 is 0 Å². The van der Waals surface area contributed by atoms with Crippen LogP contribution in [-0.4, -0.2) is 28.7 Å². The van der Waals surface area contributed by atoms with Gasteiger partial charge in [0.2, 0.25) is 5.16 Å². The minimum atomic E-state index is 0.229. The summed E-state index contributed by atoms with van der Waals surface area (Å²) in [6.45, 7) is 1.42. The molecule has 1 aliphatic rings. The van der Waals surface area contributed by atoms with Crippen molar-refractivity contribution >= 4 is 24.2 Å². The lowest BCUT2D eigenvalue weighted by Crippen LogP contribution is -2.16. The van der Waals surface area contributed by atoms with Crippen LogP contribution in [0.15, 0.2) is 5.16 Å². The molecule has 1 aromatic rings. The van der Waals surface area contributed by atoms with Gasteiger partial charge in [0, 0.05) is 18.1 Å². The molecule has 1 atom stereocenters. The molecule has 2 rings (SSSR count). The SMILES string of the molecule is Sc1nsc(OCC2CCCO2)n1. The van der Waals surface area contributed by atoms with Crippen molar-refractivity contribution in [2.45, 2.75) is 24.1 Å². The van der Waals surface area contributed by atoms with Crippen LogP contribution in [-0.2, 0) is 4.74 Å². The highest BCUT2D eigenvalue weighted by Crippen LogP contribution is 2.18. The Morgan fingerprint density at radius 1 is 1.69 bits per heavy atom. The smallest absolute Gasteiger partial charge is 0.294 e. The summed E-state index contributed by atoms with van der Waals surface area (Å²) in [5, 5.41) is 1.04. The molecule has 1 aromatic heterocycles. The first-order chi connectivity index (χ1) is 6.34. The molecule has 1 unspecified atom stereocenters. The highest BCUT2D eigenvalue weighted by molar-refractivity contribution is 7.80. The number of hydrogen-bond donors (Lipinski definition) is 1. The summed E-state index contributed by atoms with van der Waals surface area (Å²) in [4.78, 5) is 3.97. The highest BCUT2D eigenvalue weighted by Gasteiger charge is 2.16. The molecular weight excluding hydrogens is 208 g/mol. The molecule has 1 saturated heterocycles. The van der Waals surface area contributed by atoms with Crippen molar-refractivity contribution in [2.75, 3.05) is 13.2 Å². The summed E-state index contributed by atoms with van der Waals surface area (Å²) in [7, 11) is 0. The average molecular weight is 218 g/mol. The maximum Gasteiger partial charge on any atom is 0.294 e. The van der Waals surface area contributed by atoms with Crippen molar-refractivity contribution in [1.29, 1.82) is 0 Å². The molecule has 13 heavy (non-hydrogen) atoms. The zero-order chi connectivity index (χ0) is 9.10. The second-order valence-corrected chi connectivity index (χ2v) is 3.92. The number of ether oxygens (including phenoxy) is 2. The zero-order valence-corrected chi connectivity index (χ0v) is 8.68. The molecule has 0 saturated carbocycles. The summed E-state index contributed by atoms with van der Waals surface area (Å²) in [6.07, 6.45) is 2.43. The Hall–Kier alpha value is -0.330. The fourth-order valence-corrected chi connectivity index (χ4v) is 1.93. The van der Waals surface area contributed by atoms with E-state index in [-0.39, 0.29) is 6.10 Å². The molecule has 0 radical (unpaired) electrons. The summed E-state index contributed by atoms with van der Waals surface area (Å²) in [5.41, 5.74) is 0. The maximum atomic E-state index is 5.39. The van der Waals surface area contributed by atoms with Gasteiger partial charge in [0.15, 0.2) is 0 Å². The lowest BCUT2D eigenvalue weighted by atomic mass is 10.2. The topological polar surface area (TPSA) is 44.2 Å². The monoisotopic (exact) mass is 218 g/mol. The van der Waals surface area contributed by atoms with Gasteiger partial charge in [-0.05, 0) is 12.8 Å². The van der Waals surface area contributed by atoms with Crippen LogP contribution in [0.1, 0.15) is 12.8 Å². The van der Waals surface area contributed by atoms with E-state index in [1.165, 1.54) is 11.5 Å². The Balaban J connectivity index is 1.78. The van der Waals surface area contributed by atoms with E-state index in [2.05, 4.69) is 22.0 Å². The van der Waals surface area contributed by atoms with E-state index in [9.17, 15) is 0 Å². The predicted molar refractivity (Wildman–Crippen MR) is 51.6 cm³/mol. The predicted octanol–water partition coefficient (Wildman–Crippen LogP) is 1.38. The largest absolute Gasteiger partial charge is 0.466 e. The molecule has 0 aromatic carbocycles. The van der Waals surface area contributed by atoms with E-state index < -0.39 is 0 Å². The Kier molecular flexibility index (Phi) is 3.02. The Bertz CT molecular complexity index is 273. The molecule has 6 heteroatoms. The maximum absolute atomic E-state index is 5.39. The van der Waals surface area contributed by atoms with Gasteiger partial charge in [-0.3, -0.25) is 0 Å². The molecule has 2 heterocycles. The minimum absolute atomic E-state index is 0.229.